The number of hydrogen-bond acceptors (Lipinski definition) is 5. The van der Waals surface area contributed by atoms with Gasteiger partial charge in [-0.3, -0.25) is 5.10 Å². The average molecular weight is 160 g/mol. The smallest absolute Gasteiger partial charge is 0.183 e. The zero-order valence-electron chi connectivity index (χ0n) is 5.28. The maximum atomic E-state index is 4.81. The first-order chi connectivity index (χ1) is 4.93. The highest BCUT2D eigenvalue weighted by Gasteiger charge is 1.93. The van der Waals surface area contributed by atoms with Crippen LogP contribution in [0, 0.1) is 0 Å². The predicted molar refractivity (Wildman–Crippen MR) is 37.2 cm³/mol. The number of aromatic nitrogens is 3. The second-order valence-electron chi connectivity index (χ2n) is 1.51. The zero-order chi connectivity index (χ0) is 7.23. The van der Waals surface area contributed by atoms with Gasteiger partial charge in [-0.15, -0.1) is 0 Å². The Balaban J connectivity index is 2.15. The van der Waals surface area contributed by atoms with E-state index in [1.807, 2.05) is 0 Å². The summed E-state index contributed by atoms with van der Waals surface area (Å²) in [4.78, 5) is 8.25. The molecule has 1 rings (SSSR count). The number of nitrogens with zero attached hydrogens (tertiary/aromatic N) is 2. The molecule has 0 unspecified atom stereocenters. The highest BCUT2D eigenvalue weighted by molar-refractivity contribution is 7.99. The highest BCUT2D eigenvalue weighted by Crippen LogP contribution is 2.08. The summed E-state index contributed by atoms with van der Waals surface area (Å²) in [5.41, 5.74) is 0. The topological polar surface area (TPSA) is 76.8 Å². The number of aromatic amines is 1. The van der Waals surface area contributed by atoms with Gasteiger partial charge in [-0.2, -0.15) is 5.10 Å². The summed E-state index contributed by atoms with van der Waals surface area (Å²) in [7, 11) is 0. The first-order valence-corrected chi connectivity index (χ1v) is 3.72. The lowest BCUT2D eigenvalue weighted by Crippen LogP contribution is -2.02. The lowest BCUT2D eigenvalue weighted by Gasteiger charge is -1.93. The standard InChI is InChI=1S/C4H8N4OS/c5-9-1-2-10-4-6-3-7-8-4/h3H,1-2,5H2,(H,6,7,8). The summed E-state index contributed by atoms with van der Waals surface area (Å²) >= 11 is 1.52. The van der Waals surface area contributed by atoms with Crippen molar-refractivity contribution in [1.82, 2.24) is 15.2 Å². The summed E-state index contributed by atoms with van der Waals surface area (Å²) in [6.07, 6.45) is 1.46. The van der Waals surface area contributed by atoms with Gasteiger partial charge in [0, 0.05) is 5.75 Å². The fourth-order valence-corrected chi connectivity index (χ4v) is 1.06. The number of H-pyrrole nitrogens is 1. The van der Waals surface area contributed by atoms with Crippen LogP contribution in [-0.4, -0.2) is 27.5 Å². The lowest BCUT2D eigenvalue weighted by atomic mass is 10.9. The SMILES string of the molecule is NOCCSc1ncn[nH]1. The molecule has 56 valence electrons. The average Bonchev–Trinajstić information content (AvgIpc) is 2.41. The van der Waals surface area contributed by atoms with Crippen molar-refractivity contribution in [3.63, 3.8) is 0 Å². The molecule has 0 aliphatic heterocycles. The molecule has 1 aromatic heterocycles. The van der Waals surface area contributed by atoms with Gasteiger partial charge < -0.3 is 4.84 Å². The molecule has 0 spiro atoms. The third kappa shape index (κ3) is 2.34. The molecule has 0 bridgehead atoms. The summed E-state index contributed by atoms with van der Waals surface area (Å²) in [5, 5.41) is 7.16. The van der Waals surface area contributed by atoms with E-state index < -0.39 is 0 Å². The Morgan fingerprint density at radius 3 is 3.30 bits per heavy atom. The summed E-state index contributed by atoms with van der Waals surface area (Å²) in [6.45, 7) is 0.519. The number of thioether (sulfide) groups is 1. The van der Waals surface area contributed by atoms with E-state index in [-0.39, 0.29) is 0 Å². The van der Waals surface area contributed by atoms with Gasteiger partial charge in [0.25, 0.3) is 0 Å². The Kier molecular flexibility index (Phi) is 3.20. The van der Waals surface area contributed by atoms with E-state index in [1.165, 1.54) is 18.1 Å². The van der Waals surface area contributed by atoms with Crippen molar-refractivity contribution in [2.45, 2.75) is 5.16 Å². The molecule has 1 aromatic rings. The minimum Gasteiger partial charge on any atom is -0.304 e. The first kappa shape index (κ1) is 7.52. The van der Waals surface area contributed by atoms with Gasteiger partial charge in [0.15, 0.2) is 5.16 Å². The molecule has 0 saturated carbocycles. The normalized spacial score (nSPS) is 10.1. The molecule has 5 nitrogen and oxygen atoms in total. The molecule has 0 aliphatic rings. The van der Waals surface area contributed by atoms with Crippen molar-refractivity contribution >= 4 is 11.8 Å². The Bertz CT molecular complexity index is 166. The Hall–Kier alpha value is -0.590. The second-order valence-corrected chi connectivity index (χ2v) is 2.59. The van der Waals surface area contributed by atoms with Gasteiger partial charge in [-0.05, 0) is 0 Å². The molecule has 0 aromatic carbocycles. The molecule has 1 heterocycles. The van der Waals surface area contributed by atoms with Gasteiger partial charge in [0.1, 0.15) is 6.33 Å². The van der Waals surface area contributed by atoms with E-state index in [1.54, 1.807) is 0 Å². The Morgan fingerprint density at radius 1 is 1.80 bits per heavy atom. The van der Waals surface area contributed by atoms with E-state index in [4.69, 9.17) is 5.90 Å². The molecule has 3 N–H and O–H groups in total. The van der Waals surface area contributed by atoms with Crippen LogP contribution in [0.4, 0.5) is 0 Å². The fourth-order valence-electron chi connectivity index (χ4n) is 0.450. The van der Waals surface area contributed by atoms with Crippen LogP contribution in [0.25, 0.3) is 0 Å². The van der Waals surface area contributed by atoms with Crippen molar-refractivity contribution in [3.8, 4) is 0 Å². The lowest BCUT2D eigenvalue weighted by molar-refractivity contribution is 0.155. The summed E-state index contributed by atoms with van der Waals surface area (Å²) in [5.74, 6) is 5.59. The second kappa shape index (κ2) is 4.26. The Morgan fingerprint density at radius 2 is 2.70 bits per heavy atom. The van der Waals surface area contributed by atoms with Gasteiger partial charge in [-0.1, -0.05) is 11.8 Å². The maximum absolute atomic E-state index is 4.81. The number of hydrogen-bond donors (Lipinski definition) is 2. The first-order valence-electron chi connectivity index (χ1n) is 2.73. The number of nitrogens with one attached hydrogen (secondary N) is 1. The minimum absolute atomic E-state index is 0.519. The van der Waals surface area contributed by atoms with Gasteiger partial charge in [-0.25, -0.2) is 10.9 Å². The molecule has 10 heavy (non-hydrogen) atoms. The van der Waals surface area contributed by atoms with Crippen molar-refractivity contribution < 1.29 is 4.84 Å². The summed E-state index contributed by atoms with van der Waals surface area (Å²) in [6, 6.07) is 0. The quantitative estimate of drug-likeness (QED) is 0.362. The van der Waals surface area contributed by atoms with E-state index in [0.717, 1.165) is 10.9 Å². The fraction of sp³-hybridized carbons (Fsp3) is 0.500. The third-order valence-electron chi connectivity index (χ3n) is 0.833. The molecule has 0 fully saturated rings. The number of rotatable bonds is 4. The van der Waals surface area contributed by atoms with Gasteiger partial charge in [0.05, 0.1) is 6.61 Å². The largest absolute Gasteiger partial charge is 0.304 e. The van der Waals surface area contributed by atoms with Crippen LogP contribution in [0.1, 0.15) is 0 Å². The monoisotopic (exact) mass is 160 g/mol. The van der Waals surface area contributed by atoms with Crippen molar-refractivity contribution in [2.75, 3.05) is 12.4 Å². The predicted octanol–water partition coefficient (Wildman–Crippen LogP) is -0.213. The van der Waals surface area contributed by atoms with Crippen LogP contribution in [-0.2, 0) is 4.84 Å². The van der Waals surface area contributed by atoms with E-state index >= 15 is 0 Å². The zero-order valence-corrected chi connectivity index (χ0v) is 6.10. The molecule has 0 amide bonds. The van der Waals surface area contributed by atoms with Crippen LogP contribution in [0.15, 0.2) is 11.5 Å². The molecule has 0 radical (unpaired) electrons. The summed E-state index contributed by atoms with van der Waals surface area (Å²) < 4.78 is 0. The van der Waals surface area contributed by atoms with Crippen molar-refractivity contribution in [3.05, 3.63) is 6.33 Å². The molecule has 0 saturated heterocycles. The van der Waals surface area contributed by atoms with Crippen molar-refractivity contribution in [2.24, 2.45) is 5.90 Å². The molecular formula is C4H8N4OS. The molecular weight excluding hydrogens is 152 g/mol. The van der Waals surface area contributed by atoms with Crippen LogP contribution < -0.4 is 5.90 Å². The molecule has 6 heteroatoms. The van der Waals surface area contributed by atoms with E-state index in [2.05, 4.69) is 20.0 Å². The van der Waals surface area contributed by atoms with Gasteiger partial charge in [0.2, 0.25) is 0 Å². The van der Waals surface area contributed by atoms with E-state index in [9.17, 15) is 0 Å². The number of nitrogens with two attached hydrogens (primary N) is 1. The van der Waals surface area contributed by atoms with Crippen LogP contribution in [0.2, 0.25) is 0 Å². The van der Waals surface area contributed by atoms with Crippen LogP contribution >= 0.6 is 11.8 Å². The van der Waals surface area contributed by atoms with E-state index in [0.29, 0.717) is 6.61 Å². The van der Waals surface area contributed by atoms with Crippen LogP contribution in [0.5, 0.6) is 0 Å². The maximum Gasteiger partial charge on any atom is 0.183 e. The Labute approximate surface area is 62.3 Å². The minimum atomic E-state index is 0.519. The molecule has 0 aliphatic carbocycles. The third-order valence-corrected chi connectivity index (χ3v) is 1.67. The van der Waals surface area contributed by atoms with Crippen molar-refractivity contribution in [1.29, 1.82) is 0 Å². The highest BCUT2D eigenvalue weighted by atomic mass is 32.2. The van der Waals surface area contributed by atoms with Gasteiger partial charge >= 0.3 is 0 Å². The van der Waals surface area contributed by atoms with Crippen LogP contribution in [0.3, 0.4) is 0 Å². The molecule has 0 atom stereocenters.